The van der Waals surface area contributed by atoms with Crippen molar-refractivity contribution in [2.24, 2.45) is 10.8 Å². The Hall–Kier alpha value is -1.31. The van der Waals surface area contributed by atoms with E-state index in [0.717, 1.165) is 0 Å². The lowest BCUT2D eigenvalue weighted by molar-refractivity contribution is -0.133. The van der Waals surface area contributed by atoms with Crippen LogP contribution in [0.5, 0.6) is 0 Å². The van der Waals surface area contributed by atoms with Crippen molar-refractivity contribution in [3.63, 3.8) is 0 Å². The van der Waals surface area contributed by atoms with E-state index >= 15 is 0 Å². The molecule has 1 atom stereocenters. The molecule has 17 heavy (non-hydrogen) atoms. The van der Waals surface area contributed by atoms with E-state index in [9.17, 15) is 4.79 Å². The largest absolute Gasteiger partial charge is 0.349 e. The molecule has 0 aliphatic carbocycles. The lowest BCUT2D eigenvalue weighted by Gasteiger charge is -2.51. The van der Waals surface area contributed by atoms with Crippen molar-refractivity contribution >= 4 is 5.91 Å². The second-order valence-electron chi connectivity index (χ2n) is 6.19. The van der Waals surface area contributed by atoms with Gasteiger partial charge in [-0.2, -0.15) is 0 Å². The molecule has 0 spiro atoms. The summed E-state index contributed by atoms with van der Waals surface area (Å²) in [5, 5.41) is 3.14. The highest BCUT2D eigenvalue weighted by molar-refractivity contribution is 5.78. The predicted molar refractivity (Wildman–Crippen MR) is 69.5 cm³/mol. The number of hydrogen-bond donors (Lipinski definition) is 1. The molecular weight excluding hydrogens is 210 g/mol. The van der Waals surface area contributed by atoms with E-state index < -0.39 is 0 Å². The van der Waals surface area contributed by atoms with Crippen molar-refractivity contribution in [1.29, 1.82) is 0 Å². The number of piperidine rings is 1. The van der Waals surface area contributed by atoms with Crippen LogP contribution in [0.1, 0.15) is 45.7 Å². The van der Waals surface area contributed by atoms with E-state index in [4.69, 9.17) is 0 Å². The molecule has 2 rings (SSSR count). The minimum absolute atomic E-state index is 0.00976. The first-order valence-corrected chi connectivity index (χ1v) is 6.19. The smallest absolute Gasteiger partial charge is 0.221 e. The van der Waals surface area contributed by atoms with Crippen LogP contribution in [0.25, 0.3) is 0 Å². The van der Waals surface area contributed by atoms with Gasteiger partial charge in [-0.05, 0) is 16.4 Å². The second-order valence-corrected chi connectivity index (χ2v) is 6.19. The molecule has 1 aromatic carbocycles. The highest BCUT2D eigenvalue weighted by Gasteiger charge is 2.48. The fourth-order valence-corrected chi connectivity index (χ4v) is 2.56. The van der Waals surface area contributed by atoms with Crippen molar-refractivity contribution < 1.29 is 4.79 Å². The van der Waals surface area contributed by atoms with Crippen molar-refractivity contribution in [3.05, 3.63) is 35.9 Å². The number of benzene rings is 1. The van der Waals surface area contributed by atoms with Crippen LogP contribution in [0.3, 0.4) is 0 Å². The van der Waals surface area contributed by atoms with Crippen molar-refractivity contribution in [1.82, 2.24) is 5.32 Å². The Labute approximate surface area is 103 Å². The number of amides is 1. The second kappa shape index (κ2) is 3.86. The lowest BCUT2D eigenvalue weighted by Crippen LogP contribution is -2.52. The molecule has 0 bridgehead atoms. The predicted octanol–water partition coefficient (Wildman–Crippen LogP) is 3.30. The maximum atomic E-state index is 11.8. The van der Waals surface area contributed by atoms with Gasteiger partial charge in [-0.15, -0.1) is 0 Å². The summed E-state index contributed by atoms with van der Waals surface area (Å²) in [4.78, 5) is 11.8. The summed E-state index contributed by atoms with van der Waals surface area (Å²) < 4.78 is 0. The number of carbonyl (C=O) groups is 1. The molecule has 1 heterocycles. The lowest BCUT2D eigenvalue weighted by atomic mass is 9.59. The van der Waals surface area contributed by atoms with E-state index in [-0.39, 0.29) is 22.8 Å². The third-order valence-corrected chi connectivity index (χ3v) is 4.51. The molecule has 0 radical (unpaired) electrons. The van der Waals surface area contributed by atoms with Gasteiger partial charge in [0.25, 0.3) is 0 Å². The third-order valence-electron chi connectivity index (χ3n) is 4.51. The molecule has 2 heteroatoms. The van der Waals surface area contributed by atoms with Crippen LogP contribution in [-0.4, -0.2) is 5.91 Å². The number of rotatable bonds is 1. The van der Waals surface area contributed by atoms with Gasteiger partial charge in [0.1, 0.15) is 0 Å². The topological polar surface area (TPSA) is 29.1 Å². The van der Waals surface area contributed by atoms with Gasteiger partial charge < -0.3 is 5.32 Å². The fourth-order valence-electron chi connectivity index (χ4n) is 2.56. The molecular formula is C15H21NO. The van der Waals surface area contributed by atoms with Gasteiger partial charge in [-0.25, -0.2) is 0 Å². The maximum absolute atomic E-state index is 11.8. The minimum Gasteiger partial charge on any atom is -0.349 e. The maximum Gasteiger partial charge on any atom is 0.221 e. The monoisotopic (exact) mass is 231 g/mol. The van der Waals surface area contributed by atoms with Crippen LogP contribution >= 0.6 is 0 Å². The summed E-state index contributed by atoms with van der Waals surface area (Å²) in [7, 11) is 0. The minimum atomic E-state index is 0.00976. The summed E-state index contributed by atoms with van der Waals surface area (Å²) in [5.41, 5.74) is 1.25. The van der Waals surface area contributed by atoms with Crippen molar-refractivity contribution in [2.45, 2.75) is 40.2 Å². The molecule has 1 amide bonds. The van der Waals surface area contributed by atoms with Crippen LogP contribution in [-0.2, 0) is 4.79 Å². The summed E-state index contributed by atoms with van der Waals surface area (Å²) in [6, 6.07) is 10.3. The van der Waals surface area contributed by atoms with E-state index in [1.807, 2.05) is 18.2 Å². The molecule has 1 aromatic rings. The van der Waals surface area contributed by atoms with Gasteiger partial charge in [0.15, 0.2) is 0 Å². The summed E-state index contributed by atoms with van der Waals surface area (Å²) in [6.45, 7) is 8.84. The molecule has 1 fully saturated rings. The van der Waals surface area contributed by atoms with E-state index in [1.165, 1.54) is 5.56 Å². The summed E-state index contributed by atoms with van der Waals surface area (Å²) in [6.07, 6.45) is 0.601. The van der Waals surface area contributed by atoms with Gasteiger partial charge in [-0.1, -0.05) is 58.0 Å². The van der Waals surface area contributed by atoms with Gasteiger partial charge in [0.2, 0.25) is 5.91 Å². The molecule has 2 nitrogen and oxygen atoms in total. The quantitative estimate of drug-likeness (QED) is 0.789. The van der Waals surface area contributed by atoms with Gasteiger partial charge in [0, 0.05) is 6.42 Å². The van der Waals surface area contributed by atoms with Crippen molar-refractivity contribution in [2.75, 3.05) is 0 Å². The van der Waals surface area contributed by atoms with Crippen LogP contribution in [0.4, 0.5) is 0 Å². The van der Waals surface area contributed by atoms with Crippen LogP contribution in [0.15, 0.2) is 30.3 Å². The Morgan fingerprint density at radius 2 is 1.71 bits per heavy atom. The normalized spacial score (nSPS) is 26.4. The number of hydrogen-bond acceptors (Lipinski definition) is 1. The zero-order valence-corrected chi connectivity index (χ0v) is 11.1. The Morgan fingerprint density at radius 3 is 2.29 bits per heavy atom. The van der Waals surface area contributed by atoms with E-state index in [2.05, 4.69) is 45.1 Å². The summed E-state index contributed by atoms with van der Waals surface area (Å²) >= 11 is 0. The fraction of sp³-hybridized carbons (Fsp3) is 0.533. The molecule has 0 saturated carbocycles. The molecule has 1 aliphatic heterocycles. The average molecular weight is 231 g/mol. The van der Waals surface area contributed by atoms with Crippen LogP contribution in [0, 0.1) is 10.8 Å². The Balaban J connectivity index is 2.42. The molecule has 92 valence electrons. The molecule has 1 N–H and O–H groups in total. The average Bonchev–Trinajstić information content (AvgIpc) is 2.24. The highest BCUT2D eigenvalue weighted by Crippen LogP contribution is 2.52. The Bertz CT molecular complexity index is 420. The van der Waals surface area contributed by atoms with E-state index in [0.29, 0.717) is 6.42 Å². The third kappa shape index (κ3) is 1.97. The van der Waals surface area contributed by atoms with Gasteiger partial charge >= 0.3 is 0 Å². The Morgan fingerprint density at radius 1 is 1.12 bits per heavy atom. The zero-order chi connectivity index (χ0) is 12.7. The molecule has 0 aromatic heterocycles. The van der Waals surface area contributed by atoms with Crippen LogP contribution < -0.4 is 5.32 Å². The Kier molecular flexibility index (Phi) is 2.76. The van der Waals surface area contributed by atoms with Crippen LogP contribution in [0.2, 0.25) is 0 Å². The standard InChI is InChI=1S/C15H21NO/c1-14(2)10-12(17)16-13(15(14,3)4)11-8-6-5-7-9-11/h5-9,13H,10H2,1-4H3,(H,16,17). The van der Waals surface area contributed by atoms with Gasteiger partial charge in [0.05, 0.1) is 6.04 Å². The first-order valence-electron chi connectivity index (χ1n) is 6.19. The highest BCUT2D eigenvalue weighted by atomic mass is 16.1. The van der Waals surface area contributed by atoms with Gasteiger partial charge in [-0.3, -0.25) is 4.79 Å². The first-order chi connectivity index (χ1) is 7.84. The number of carbonyl (C=O) groups excluding carboxylic acids is 1. The SMILES string of the molecule is CC1(C)CC(=O)NC(c2ccccc2)C1(C)C. The molecule has 1 saturated heterocycles. The summed E-state index contributed by atoms with van der Waals surface area (Å²) in [5.74, 6) is 0.156. The molecule has 1 aliphatic rings. The molecule has 1 unspecified atom stereocenters. The van der Waals surface area contributed by atoms with Crippen molar-refractivity contribution in [3.8, 4) is 0 Å². The number of nitrogens with one attached hydrogen (secondary N) is 1. The first kappa shape index (κ1) is 12.2. The zero-order valence-electron chi connectivity index (χ0n) is 11.1. The van der Waals surface area contributed by atoms with E-state index in [1.54, 1.807) is 0 Å².